The second-order valence-electron chi connectivity index (χ2n) is 7.02. The van der Waals surface area contributed by atoms with E-state index in [9.17, 15) is 0 Å². The molecule has 1 aromatic heterocycles. The molecule has 0 bridgehead atoms. The third-order valence-electron chi connectivity index (χ3n) is 4.75. The van der Waals surface area contributed by atoms with E-state index in [1.54, 1.807) is 7.05 Å². The summed E-state index contributed by atoms with van der Waals surface area (Å²) in [6, 6.07) is 10.7. The topological polar surface area (TPSA) is 65.7 Å². The molecule has 0 aliphatic carbocycles. The largest absolute Gasteiger partial charge is 0.359 e. The first-order valence-electron chi connectivity index (χ1n) is 9.35. The average molecular weight is 483 g/mol. The first-order valence-corrected chi connectivity index (χ1v) is 9.35. The molecular formula is C20H30IN5O. The minimum atomic E-state index is 0. The van der Waals surface area contributed by atoms with Gasteiger partial charge in [-0.15, -0.1) is 24.0 Å². The molecule has 0 atom stereocenters. The lowest BCUT2D eigenvalue weighted by Gasteiger charge is -2.28. The van der Waals surface area contributed by atoms with Crippen molar-refractivity contribution in [1.29, 1.82) is 0 Å². The normalized spacial score (nSPS) is 14.6. The number of halogens is 1. The number of aromatic nitrogens is 1. The highest BCUT2D eigenvalue weighted by molar-refractivity contribution is 14.0. The van der Waals surface area contributed by atoms with Crippen LogP contribution in [0.4, 0.5) is 0 Å². The van der Waals surface area contributed by atoms with E-state index in [2.05, 4.69) is 63.8 Å². The molecule has 148 valence electrons. The van der Waals surface area contributed by atoms with Crippen molar-refractivity contribution in [3.8, 4) is 0 Å². The van der Waals surface area contributed by atoms with Crippen molar-refractivity contribution in [3.63, 3.8) is 0 Å². The Morgan fingerprint density at radius 1 is 1.26 bits per heavy atom. The van der Waals surface area contributed by atoms with Crippen LogP contribution in [0.15, 0.2) is 39.8 Å². The first kappa shape index (κ1) is 21.7. The summed E-state index contributed by atoms with van der Waals surface area (Å²) in [4.78, 5) is 6.76. The number of hydrogen-bond acceptors (Lipinski definition) is 4. The zero-order chi connectivity index (χ0) is 18.4. The van der Waals surface area contributed by atoms with Crippen molar-refractivity contribution in [2.45, 2.75) is 39.3 Å². The zero-order valence-electron chi connectivity index (χ0n) is 16.4. The summed E-state index contributed by atoms with van der Waals surface area (Å²) < 4.78 is 5.35. The van der Waals surface area contributed by atoms with Gasteiger partial charge in [0, 0.05) is 39.3 Å². The van der Waals surface area contributed by atoms with Crippen LogP contribution >= 0.6 is 24.0 Å². The Hall–Kier alpha value is -1.61. The third-order valence-corrected chi connectivity index (χ3v) is 4.75. The number of hydrogen-bond donors (Lipinski definition) is 2. The van der Waals surface area contributed by atoms with E-state index < -0.39 is 0 Å². The van der Waals surface area contributed by atoms with Gasteiger partial charge in [0.05, 0.1) is 12.2 Å². The van der Waals surface area contributed by atoms with Crippen LogP contribution in [0.25, 0.3) is 0 Å². The number of guanidine groups is 1. The van der Waals surface area contributed by atoms with Crippen LogP contribution < -0.4 is 10.6 Å². The van der Waals surface area contributed by atoms with Gasteiger partial charge in [0.15, 0.2) is 11.7 Å². The summed E-state index contributed by atoms with van der Waals surface area (Å²) in [5, 5.41) is 10.7. The van der Waals surface area contributed by atoms with Crippen LogP contribution in [0.2, 0.25) is 0 Å². The van der Waals surface area contributed by atoms with E-state index in [0.717, 1.165) is 50.0 Å². The standard InChI is InChI=1S/C20H29N5O.HI/c1-15(2)19-12-18(26-24-19)13-23-20(21-3)22-9-11-25-10-8-16-6-4-5-7-17(16)14-25;/h4-7,12,15H,8-11,13-14H2,1-3H3,(H2,21,22,23);1H. The highest BCUT2D eigenvalue weighted by Crippen LogP contribution is 2.17. The Balaban J connectivity index is 0.00000261. The molecular weight excluding hydrogens is 453 g/mol. The van der Waals surface area contributed by atoms with Crippen molar-refractivity contribution in [2.24, 2.45) is 4.99 Å². The molecule has 0 saturated carbocycles. The predicted octanol–water partition coefficient (Wildman–Crippen LogP) is 3.14. The molecule has 0 unspecified atom stereocenters. The lowest BCUT2D eigenvalue weighted by atomic mass is 10.00. The van der Waals surface area contributed by atoms with Gasteiger partial charge in [-0.1, -0.05) is 43.3 Å². The van der Waals surface area contributed by atoms with Crippen molar-refractivity contribution >= 4 is 29.9 Å². The Labute approximate surface area is 178 Å². The van der Waals surface area contributed by atoms with E-state index in [0.29, 0.717) is 12.5 Å². The Bertz CT molecular complexity index is 743. The van der Waals surface area contributed by atoms with E-state index in [1.807, 2.05) is 6.07 Å². The molecule has 0 fully saturated rings. The molecule has 7 heteroatoms. The maximum absolute atomic E-state index is 5.35. The molecule has 2 aromatic rings. The number of nitrogens with one attached hydrogen (secondary N) is 2. The highest BCUT2D eigenvalue weighted by atomic mass is 127. The Morgan fingerprint density at radius 3 is 2.74 bits per heavy atom. The Kier molecular flexibility index (Phi) is 8.56. The van der Waals surface area contributed by atoms with Gasteiger partial charge < -0.3 is 15.2 Å². The second kappa shape index (κ2) is 10.7. The number of fused-ring (bicyclic) bond motifs is 1. The monoisotopic (exact) mass is 483 g/mol. The smallest absolute Gasteiger partial charge is 0.191 e. The first-order chi connectivity index (χ1) is 12.7. The van der Waals surface area contributed by atoms with E-state index >= 15 is 0 Å². The summed E-state index contributed by atoms with van der Waals surface area (Å²) in [5.41, 5.74) is 3.92. The molecule has 2 N–H and O–H groups in total. The van der Waals surface area contributed by atoms with E-state index in [-0.39, 0.29) is 24.0 Å². The van der Waals surface area contributed by atoms with Crippen molar-refractivity contribution in [2.75, 3.05) is 26.7 Å². The summed E-state index contributed by atoms with van der Waals surface area (Å²) >= 11 is 0. The lowest BCUT2D eigenvalue weighted by Crippen LogP contribution is -2.42. The van der Waals surface area contributed by atoms with Gasteiger partial charge in [-0.3, -0.25) is 9.89 Å². The number of aliphatic imine (C=N–C) groups is 1. The average Bonchev–Trinajstić information content (AvgIpc) is 3.14. The highest BCUT2D eigenvalue weighted by Gasteiger charge is 2.15. The van der Waals surface area contributed by atoms with Gasteiger partial charge in [0.2, 0.25) is 0 Å². The van der Waals surface area contributed by atoms with Crippen molar-refractivity contribution < 1.29 is 4.52 Å². The molecule has 27 heavy (non-hydrogen) atoms. The van der Waals surface area contributed by atoms with Gasteiger partial charge >= 0.3 is 0 Å². The maximum atomic E-state index is 5.35. The van der Waals surface area contributed by atoms with Gasteiger partial charge in [0.25, 0.3) is 0 Å². The number of benzene rings is 1. The molecule has 2 heterocycles. The summed E-state index contributed by atoms with van der Waals surface area (Å²) in [7, 11) is 1.78. The second-order valence-corrected chi connectivity index (χ2v) is 7.02. The minimum Gasteiger partial charge on any atom is -0.359 e. The van der Waals surface area contributed by atoms with Crippen LogP contribution in [0.5, 0.6) is 0 Å². The maximum Gasteiger partial charge on any atom is 0.191 e. The van der Waals surface area contributed by atoms with Crippen LogP contribution in [0.3, 0.4) is 0 Å². The number of rotatable bonds is 6. The molecule has 0 amide bonds. The van der Waals surface area contributed by atoms with E-state index in [4.69, 9.17) is 4.52 Å². The summed E-state index contributed by atoms with van der Waals surface area (Å²) in [5.74, 6) is 1.98. The molecule has 6 nitrogen and oxygen atoms in total. The van der Waals surface area contributed by atoms with Crippen molar-refractivity contribution in [3.05, 3.63) is 52.9 Å². The Morgan fingerprint density at radius 2 is 2.04 bits per heavy atom. The van der Waals surface area contributed by atoms with Crippen molar-refractivity contribution in [1.82, 2.24) is 20.7 Å². The van der Waals surface area contributed by atoms with Gasteiger partial charge in [-0.05, 0) is 23.5 Å². The molecule has 0 spiro atoms. The number of nitrogens with zero attached hydrogens (tertiary/aromatic N) is 3. The molecule has 1 aromatic carbocycles. The predicted molar refractivity (Wildman–Crippen MR) is 120 cm³/mol. The zero-order valence-corrected chi connectivity index (χ0v) is 18.7. The van der Waals surface area contributed by atoms with Gasteiger partial charge in [-0.2, -0.15) is 0 Å². The molecule has 1 aliphatic heterocycles. The van der Waals surface area contributed by atoms with E-state index in [1.165, 1.54) is 11.1 Å². The molecule has 0 saturated heterocycles. The SMILES string of the molecule is CN=C(NCCN1CCc2ccccc2C1)NCc1cc(C(C)C)no1.I. The minimum absolute atomic E-state index is 0. The summed E-state index contributed by atoms with van der Waals surface area (Å²) in [6.07, 6.45) is 1.13. The van der Waals surface area contributed by atoms with Crippen LogP contribution in [0, 0.1) is 0 Å². The lowest BCUT2D eigenvalue weighted by molar-refractivity contribution is 0.258. The fourth-order valence-electron chi connectivity index (χ4n) is 3.15. The molecule has 0 radical (unpaired) electrons. The van der Waals surface area contributed by atoms with Gasteiger partial charge in [0.1, 0.15) is 0 Å². The fourth-order valence-corrected chi connectivity index (χ4v) is 3.15. The van der Waals surface area contributed by atoms with Crippen LogP contribution in [0.1, 0.15) is 42.3 Å². The quantitative estimate of drug-likeness (QED) is 0.376. The summed E-state index contributed by atoms with van der Waals surface area (Å²) in [6.45, 7) is 8.78. The fraction of sp³-hybridized carbons (Fsp3) is 0.500. The van der Waals surface area contributed by atoms with Gasteiger partial charge in [-0.25, -0.2) is 0 Å². The molecule has 3 rings (SSSR count). The third kappa shape index (κ3) is 6.21. The molecule has 1 aliphatic rings. The van der Waals surface area contributed by atoms with Crippen LogP contribution in [-0.4, -0.2) is 42.7 Å². The van der Waals surface area contributed by atoms with Crippen LogP contribution in [-0.2, 0) is 19.5 Å².